The quantitative estimate of drug-likeness (QED) is 0.203. The van der Waals surface area contributed by atoms with Crippen LogP contribution in [0.4, 0.5) is 11.8 Å². The molecule has 0 spiro atoms. The van der Waals surface area contributed by atoms with E-state index in [1.165, 1.54) is 11.1 Å². The zero-order valence-corrected chi connectivity index (χ0v) is 22.8. The topological polar surface area (TPSA) is 46.4 Å². The molecule has 2 heterocycles. The molecule has 2 aromatic heterocycles. The molecule has 0 aliphatic carbocycles. The van der Waals surface area contributed by atoms with E-state index in [1.54, 1.807) is 7.11 Å². The zero-order chi connectivity index (χ0) is 26.5. The number of ether oxygens (including phenoxy) is 1. The molecule has 196 valence electrons. The minimum absolute atomic E-state index is 0.460. The zero-order valence-electron chi connectivity index (χ0n) is 22.8. The second kappa shape index (κ2) is 11.7. The highest BCUT2D eigenvalue weighted by Gasteiger charge is 2.24. The van der Waals surface area contributed by atoms with Crippen molar-refractivity contribution < 1.29 is 4.74 Å². The Kier molecular flexibility index (Phi) is 7.89. The lowest BCUT2D eigenvalue weighted by Crippen LogP contribution is -2.26. The van der Waals surface area contributed by atoms with Crippen molar-refractivity contribution in [1.82, 2.24) is 14.5 Å². The number of nitrogens with zero attached hydrogens (tertiary/aromatic N) is 5. The molecule has 38 heavy (non-hydrogen) atoms. The summed E-state index contributed by atoms with van der Waals surface area (Å²) in [5, 5.41) is 1.13. The number of para-hydroxylation sites is 1. The molecule has 0 radical (unpaired) electrons. The van der Waals surface area contributed by atoms with Crippen molar-refractivity contribution in [2.75, 3.05) is 37.1 Å². The summed E-state index contributed by atoms with van der Waals surface area (Å²) in [7, 11) is 3.84. The Morgan fingerprint density at radius 2 is 1.42 bits per heavy atom. The Morgan fingerprint density at radius 3 is 2.03 bits per heavy atom. The second-order valence-corrected chi connectivity index (χ2v) is 10.3. The molecule has 0 bridgehead atoms. The molecule has 5 aromatic rings. The van der Waals surface area contributed by atoms with Crippen LogP contribution in [0, 0.1) is 5.92 Å². The molecule has 0 aliphatic rings. The average Bonchev–Trinajstić information content (AvgIpc) is 3.31. The summed E-state index contributed by atoms with van der Waals surface area (Å²) in [6, 6.07) is 29.7. The maximum absolute atomic E-state index is 5.39. The smallest absolute Gasteiger partial charge is 0.206 e. The summed E-state index contributed by atoms with van der Waals surface area (Å²) >= 11 is 0. The fourth-order valence-electron chi connectivity index (χ4n) is 5.00. The van der Waals surface area contributed by atoms with Gasteiger partial charge in [-0.1, -0.05) is 92.7 Å². The Balaban J connectivity index is 1.74. The Bertz CT molecular complexity index is 1440. The predicted molar refractivity (Wildman–Crippen MR) is 158 cm³/mol. The van der Waals surface area contributed by atoms with Crippen LogP contribution in [-0.4, -0.2) is 41.8 Å². The van der Waals surface area contributed by atoms with E-state index in [4.69, 9.17) is 14.7 Å². The Labute approximate surface area is 225 Å². The van der Waals surface area contributed by atoms with Gasteiger partial charge < -0.3 is 19.1 Å². The Hall–Kier alpha value is -3.90. The van der Waals surface area contributed by atoms with Gasteiger partial charge in [0.05, 0.1) is 17.6 Å². The van der Waals surface area contributed by atoms with Crippen LogP contribution in [0.5, 0.6) is 0 Å². The second-order valence-electron chi connectivity index (χ2n) is 10.3. The number of anilines is 2. The van der Waals surface area contributed by atoms with E-state index in [0.29, 0.717) is 12.5 Å². The van der Waals surface area contributed by atoms with E-state index in [2.05, 4.69) is 120 Å². The predicted octanol–water partition coefficient (Wildman–Crippen LogP) is 6.53. The molecule has 0 saturated heterocycles. The van der Waals surface area contributed by atoms with E-state index < -0.39 is 0 Å². The van der Waals surface area contributed by atoms with Gasteiger partial charge in [-0.2, -0.15) is 0 Å². The van der Waals surface area contributed by atoms with Crippen LogP contribution in [0.15, 0.2) is 84.9 Å². The molecule has 0 fully saturated rings. The van der Waals surface area contributed by atoms with Gasteiger partial charge in [0.15, 0.2) is 5.82 Å². The Morgan fingerprint density at radius 1 is 0.816 bits per heavy atom. The lowest BCUT2D eigenvalue weighted by atomic mass is 10.1. The summed E-state index contributed by atoms with van der Waals surface area (Å²) in [6.07, 6.45) is 0. The average molecular weight is 508 g/mol. The molecule has 0 amide bonds. The van der Waals surface area contributed by atoms with E-state index in [0.717, 1.165) is 59.9 Å². The number of rotatable bonds is 11. The van der Waals surface area contributed by atoms with E-state index >= 15 is 0 Å². The van der Waals surface area contributed by atoms with Crippen molar-refractivity contribution in [1.29, 1.82) is 0 Å². The standard InChI is InChI=1S/C32H37N5O/c1-24(2)21-37-30-27-17-11-12-18-28(27)33-31(29(30)34-32(37)35(3)19-20-38-4)36(22-25-13-7-5-8-14-25)23-26-15-9-6-10-16-26/h5-18,24H,19-23H2,1-4H3. The highest BCUT2D eigenvalue weighted by atomic mass is 16.5. The number of methoxy groups -OCH3 is 1. The van der Waals surface area contributed by atoms with E-state index in [1.807, 2.05) is 0 Å². The molecular formula is C32H37N5O. The van der Waals surface area contributed by atoms with Gasteiger partial charge in [-0.15, -0.1) is 0 Å². The van der Waals surface area contributed by atoms with Gasteiger partial charge in [-0.05, 0) is 23.1 Å². The molecule has 0 unspecified atom stereocenters. The van der Waals surface area contributed by atoms with Crippen LogP contribution in [0.3, 0.4) is 0 Å². The van der Waals surface area contributed by atoms with Crippen LogP contribution in [0.1, 0.15) is 25.0 Å². The van der Waals surface area contributed by atoms with Crippen LogP contribution in [-0.2, 0) is 24.4 Å². The maximum Gasteiger partial charge on any atom is 0.206 e. The molecule has 0 atom stereocenters. The third-order valence-electron chi connectivity index (χ3n) is 6.80. The van der Waals surface area contributed by atoms with Gasteiger partial charge in [-0.3, -0.25) is 0 Å². The van der Waals surface area contributed by atoms with Crippen molar-refractivity contribution in [3.05, 3.63) is 96.1 Å². The monoisotopic (exact) mass is 507 g/mol. The number of imidazole rings is 1. The largest absolute Gasteiger partial charge is 0.383 e. The molecule has 0 saturated carbocycles. The van der Waals surface area contributed by atoms with Gasteiger partial charge in [0.25, 0.3) is 0 Å². The lowest BCUT2D eigenvalue weighted by Gasteiger charge is -2.25. The first kappa shape index (κ1) is 25.7. The number of fused-ring (bicyclic) bond motifs is 3. The summed E-state index contributed by atoms with van der Waals surface area (Å²) < 4.78 is 7.78. The lowest BCUT2D eigenvalue weighted by molar-refractivity contribution is 0.206. The molecule has 0 aliphatic heterocycles. The van der Waals surface area contributed by atoms with Crippen molar-refractivity contribution in [3.63, 3.8) is 0 Å². The van der Waals surface area contributed by atoms with Gasteiger partial charge >= 0.3 is 0 Å². The van der Waals surface area contributed by atoms with Gasteiger partial charge in [0.2, 0.25) is 5.95 Å². The minimum Gasteiger partial charge on any atom is -0.383 e. The van der Waals surface area contributed by atoms with Crippen LogP contribution in [0.2, 0.25) is 0 Å². The summed E-state index contributed by atoms with van der Waals surface area (Å²) in [5.41, 5.74) is 5.55. The van der Waals surface area contributed by atoms with Gasteiger partial charge in [0, 0.05) is 45.7 Å². The highest BCUT2D eigenvalue weighted by Crippen LogP contribution is 2.36. The number of aromatic nitrogens is 3. The highest BCUT2D eigenvalue weighted by molar-refractivity contribution is 6.08. The van der Waals surface area contributed by atoms with E-state index in [9.17, 15) is 0 Å². The number of likely N-dealkylation sites (N-methyl/N-ethyl adjacent to an activating group) is 1. The van der Waals surface area contributed by atoms with Crippen LogP contribution < -0.4 is 9.80 Å². The maximum atomic E-state index is 5.39. The van der Waals surface area contributed by atoms with Crippen molar-refractivity contribution >= 4 is 33.7 Å². The number of pyridine rings is 1. The SMILES string of the molecule is COCCN(C)c1nc2c(N(Cc3ccccc3)Cc3ccccc3)nc3ccccc3c2n1CC(C)C. The number of benzene rings is 3. The van der Waals surface area contributed by atoms with Crippen molar-refractivity contribution in [2.24, 2.45) is 5.92 Å². The van der Waals surface area contributed by atoms with Crippen LogP contribution >= 0.6 is 0 Å². The first-order valence-corrected chi connectivity index (χ1v) is 13.4. The number of hydrogen-bond donors (Lipinski definition) is 0. The number of hydrogen-bond acceptors (Lipinski definition) is 5. The summed E-state index contributed by atoms with van der Waals surface area (Å²) in [5.74, 6) is 2.32. The van der Waals surface area contributed by atoms with Crippen LogP contribution in [0.25, 0.3) is 21.9 Å². The fourth-order valence-corrected chi connectivity index (χ4v) is 5.00. The third kappa shape index (κ3) is 5.50. The molecular weight excluding hydrogens is 470 g/mol. The molecule has 6 heteroatoms. The van der Waals surface area contributed by atoms with Crippen molar-refractivity contribution in [3.8, 4) is 0 Å². The van der Waals surface area contributed by atoms with Gasteiger partial charge in [0.1, 0.15) is 5.52 Å². The molecule has 6 nitrogen and oxygen atoms in total. The first-order valence-electron chi connectivity index (χ1n) is 13.4. The molecule has 5 rings (SSSR count). The normalized spacial score (nSPS) is 11.5. The third-order valence-corrected chi connectivity index (χ3v) is 6.80. The summed E-state index contributed by atoms with van der Waals surface area (Å²) in [6.45, 7) is 8.26. The molecule has 3 aromatic carbocycles. The van der Waals surface area contributed by atoms with E-state index in [-0.39, 0.29) is 0 Å². The van der Waals surface area contributed by atoms with Crippen molar-refractivity contribution in [2.45, 2.75) is 33.5 Å². The minimum atomic E-state index is 0.460. The fraction of sp³-hybridized carbons (Fsp3) is 0.312. The first-order chi connectivity index (χ1) is 18.5. The molecule has 0 N–H and O–H groups in total. The summed E-state index contributed by atoms with van der Waals surface area (Å²) in [4.78, 5) is 15.1. The van der Waals surface area contributed by atoms with Gasteiger partial charge in [-0.25, -0.2) is 9.97 Å².